The van der Waals surface area contributed by atoms with Gasteiger partial charge < -0.3 is 9.73 Å². The van der Waals surface area contributed by atoms with Crippen LogP contribution in [0.15, 0.2) is 22.6 Å². The van der Waals surface area contributed by atoms with Crippen LogP contribution in [0.4, 0.5) is 11.7 Å². The van der Waals surface area contributed by atoms with Crippen LogP contribution in [0.5, 0.6) is 0 Å². The van der Waals surface area contributed by atoms with Crippen molar-refractivity contribution in [1.82, 2.24) is 10.2 Å². The highest BCUT2D eigenvalue weighted by Gasteiger charge is 2.11. The lowest BCUT2D eigenvalue weighted by Crippen LogP contribution is -2.13. The van der Waals surface area contributed by atoms with E-state index in [0.29, 0.717) is 11.5 Å². The van der Waals surface area contributed by atoms with E-state index in [0.717, 1.165) is 24.2 Å². The molecule has 0 aliphatic carbocycles. The van der Waals surface area contributed by atoms with Gasteiger partial charge >= 0.3 is 6.01 Å². The van der Waals surface area contributed by atoms with Crippen LogP contribution in [0.3, 0.4) is 0 Å². The van der Waals surface area contributed by atoms with Gasteiger partial charge in [-0.15, -0.1) is 5.10 Å². The Balaban J connectivity index is 2.08. The maximum Gasteiger partial charge on any atom is 0.322 e. The van der Waals surface area contributed by atoms with Crippen molar-refractivity contribution in [3.63, 3.8) is 0 Å². The van der Waals surface area contributed by atoms with E-state index in [1.165, 1.54) is 0 Å². The number of anilines is 2. The maximum atomic E-state index is 12.0. The van der Waals surface area contributed by atoms with Crippen molar-refractivity contribution in [3.8, 4) is 0 Å². The summed E-state index contributed by atoms with van der Waals surface area (Å²) >= 11 is 0. The fraction of sp³-hybridized carbons (Fsp3) is 0.357. The van der Waals surface area contributed by atoms with Crippen molar-refractivity contribution < 1.29 is 9.21 Å². The third kappa shape index (κ3) is 3.34. The molecule has 0 atom stereocenters. The lowest BCUT2D eigenvalue weighted by atomic mass is 10.1. The molecular formula is C14H18N4O2. The van der Waals surface area contributed by atoms with E-state index >= 15 is 0 Å². The molecule has 0 saturated carbocycles. The molecule has 0 bridgehead atoms. The average molecular weight is 274 g/mol. The quantitative estimate of drug-likeness (QED) is 0.876. The molecule has 6 nitrogen and oxygen atoms in total. The van der Waals surface area contributed by atoms with Crippen molar-refractivity contribution in [2.75, 3.05) is 17.2 Å². The molecule has 1 heterocycles. The molecule has 2 rings (SSSR count). The van der Waals surface area contributed by atoms with E-state index in [4.69, 9.17) is 4.42 Å². The topological polar surface area (TPSA) is 80.0 Å². The van der Waals surface area contributed by atoms with Crippen LogP contribution in [0.2, 0.25) is 0 Å². The van der Waals surface area contributed by atoms with E-state index in [2.05, 4.69) is 27.8 Å². The predicted molar refractivity (Wildman–Crippen MR) is 76.9 cm³/mol. The lowest BCUT2D eigenvalue weighted by Gasteiger charge is -2.09. The third-order valence-corrected chi connectivity index (χ3v) is 2.80. The summed E-state index contributed by atoms with van der Waals surface area (Å²) in [5.74, 6) is 0.148. The number of carbonyl (C=O) groups is 1. The number of aryl methyl sites for hydroxylation is 2. The molecule has 1 aromatic carbocycles. The Hall–Kier alpha value is -2.37. The van der Waals surface area contributed by atoms with E-state index < -0.39 is 0 Å². The monoisotopic (exact) mass is 274 g/mol. The van der Waals surface area contributed by atoms with Gasteiger partial charge in [-0.05, 0) is 37.1 Å². The normalized spacial score (nSPS) is 10.3. The van der Waals surface area contributed by atoms with E-state index in [1.807, 2.05) is 19.1 Å². The second kappa shape index (κ2) is 6.18. The van der Waals surface area contributed by atoms with Gasteiger partial charge in [0.05, 0.1) is 0 Å². The van der Waals surface area contributed by atoms with Gasteiger partial charge in [0.2, 0.25) is 5.89 Å². The van der Waals surface area contributed by atoms with Gasteiger partial charge in [0.25, 0.3) is 5.91 Å². The minimum atomic E-state index is -0.265. The van der Waals surface area contributed by atoms with Gasteiger partial charge in [-0.1, -0.05) is 12.0 Å². The number of nitrogens with zero attached hydrogens (tertiary/aromatic N) is 2. The summed E-state index contributed by atoms with van der Waals surface area (Å²) in [6, 6.07) is 5.61. The van der Waals surface area contributed by atoms with Crippen LogP contribution in [0.25, 0.3) is 0 Å². The molecule has 20 heavy (non-hydrogen) atoms. The highest BCUT2D eigenvalue weighted by atomic mass is 16.4. The minimum absolute atomic E-state index is 0.110. The first kappa shape index (κ1) is 14.0. The molecule has 2 N–H and O–H groups in total. The fourth-order valence-corrected chi connectivity index (χ4v) is 1.78. The highest BCUT2D eigenvalue weighted by Crippen LogP contribution is 2.17. The summed E-state index contributed by atoms with van der Waals surface area (Å²) in [5, 5.41) is 13.3. The largest absolute Gasteiger partial charge is 0.408 e. The lowest BCUT2D eigenvalue weighted by molar-refractivity contribution is 0.102. The molecule has 0 aliphatic rings. The first-order valence-electron chi connectivity index (χ1n) is 6.56. The molecule has 0 saturated heterocycles. The Morgan fingerprint density at radius 2 is 2.10 bits per heavy atom. The molecule has 106 valence electrons. The van der Waals surface area contributed by atoms with E-state index in [9.17, 15) is 4.79 Å². The number of rotatable bonds is 5. The smallest absolute Gasteiger partial charge is 0.322 e. The summed E-state index contributed by atoms with van der Waals surface area (Å²) in [4.78, 5) is 12.0. The van der Waals surface area contributed by atoms with Crippen LogP contribution in [-0.2, 0) is 0 Å². The van der Waals surface area contributed by atoms with E-state index in [1.54, 1.807) is 13.0 Å². The fourth-order valence-electron chi connectivity index (χ4n) is 1.78. The van der Waals surface area contributed by atoms with Gasteiger partial charge in [0.1, 0.15) is 0 Å². The zero-order valence-corrected chi connectivity index (χ0v) is 11.9. The van der Waals surface area contributed by atoms with Crippen molar-refractivity contribution in [2.45, 2.75) is 27.2 Å². The number of hydrogen-bond acceptors (Lipinski definition) is 5. The molecule has 0 unspecified atom stereocenters. The zero-order chi connectivity index (χ0) is 14.5. The van der Waals surface area contributed by atoms with Crippen molar-refractivity contribution >= 4 is 17.6 Å². The maximum absolute atomic E-state index is 12.0. The standard InChI is InChI=1S/C14H18N4O2/c1-4-7-15-12-6-5-11(8-9(12)2)13(19)16-14-18-17-10(3)20-14/h5-6,8,15H,4,7H2,1-3H3,(H,16,18,19). The second-order valence-corrected chi connectivity index (χ2v) is 4.54. The summed E-state index contributed by atoms with van der Waals surface area (Å²) < 4.78 is 5.12. The van der Waals surface area contributed by atoms with Gasteiger partial charge in [-0.3, -0.25) is 10.1 Å². The Labute approximate surface area is 117 Å². The van der Waals surface area contributed by atoms with Crippen molar-refractivity contribution in [3.05, 3.63) is 35.2 Å². The molecule has 0 aliphatic heterocycles. The van der Waals surface area contributed by atoms with Gasteiger partial charge in [-0.2, -0.15) is 0 Å². The summed E-state index contributed by atoms with van der Waals surface area (Å²) in [7, 11) is 0. The number of nitrogens with one attached hydrogen (secondary N) is 2. The predicted octanol–water partition coefficient (Wildman–Crippen LogP) is 2.76. The Kier molecular flexibility index (Phi) is 4.34. The highest BCUT2D eigenvalue weighted by molar-refractivity contribution is 6.03. The Bertz CT molecular complexity index is 607. The molecule has 0 radical (unpaired) electrons. The number of hydrogen-bond donors (Lipinski definition) is 2. The molecule has 0 fully saturated rings. The van der Waals surface area contributed by atoms with Crippen LogP contribution >= 0.6 is 0 Å². The molecule has 1 amide bonds. The molecule has 2 aromatic rings. The molecule has 0 spiro atoms. The van der Waals surface area contributed by atoms with Crippen LogP contribution in [0.1, 0.15) is 35.2 Å². The number of carbonyl (C=O) groups excluding carboxylic acids is 1. The third-order valence-electron chi connectivity index (χ3n) is 2.80. The van der Waals surface area contributed by atoms with Crippen LogP contribution < -0.4 is 10.6 Å². The van der Waals surface area contributed by atoms with Gasteiger partial charge in [0.15, 0.2) is 0 Å². The minimum Gasteiger partial charge on any atom is -0.408 e. The number of amides is 1. The van der Waals surface area contributed by atoms with Crippen molar-refractivity contribution in [1.29, 1.82) is 0 Å². The van der Waals surface area contributed by atoms with Gasteiger partial charge in [0, 0.05) is 24.7 Å². The van der Waals surface area contributed by atoms with Gasteiger partial charge in [-0.25, -0.2) is 0 Å². The summed E-state index contributed by atoms with van der Waals surface area (Å²) in [6.07, 6.45) is 1.05. The number of benzene rings is 1. The van der Waals surface area contributed by atoms with Crippen LogP contribution in [0, 0.1) is 13.8 Å². The molecule has 6 heteroatoms. The SMILES string of the molecule is CCCNc1ccc(C(=O)Nc2nnc(C)o2)cc1C. The molecule has 1 aromatic heterocycles. The first-order chi connectivity index (χ1) is 9.60. The Morgan fingerprint density at radius 3 is 2.70 bits per heavy atom. The van der Waals surface area contributed by atoms with Crippen molar-refractivity contribution in [2.24, 2.45) is 0 Å². The van der Waals surface area contributed by atoms with E-state index in [-0.39, 0.29) is 11.9 Å². The number of aromatic nitrogens is 2. The van der Waals surface area contributed by atoms with Crippen LogP contribution in [-0.4, -0.2) is 22.6 Å². The summed E-state index contributed by atoms with van der Waals surface area (Å²) in [6.45, 7) is 6.65. The first-order valence-corrected chi connectivity index (χ1v) is 6.56. The second-order valence-electron chi connectivity index (χ2n) is 4.54. The Morgan fingerprint density at radius 1 is 1.30 bits per heavy atom. The average Bonchev–Trinajstić information content (AvgIpc) is 2.82. The zero-order valence-electron chi connectivity index (χ0n) is 11.9. The molecular weight excluding hydrogens is 256 g/mol. The summed E-state index contributed by atoms with van der Waals surface area (Å²) in [5.41, 5.74) is 2.62.